The zero-order valence-electron chi connectivity index (χ0n) is 13.8. The number of nitrogens with zero attached hydrogens (tertiary/aromatic N) is 3. The lowest BCUT2D eigenvalue weighted by molar-refractivity contribution is 0.254. The molecular weight excluding hydrogens is 302 g/mol. The number of ether oxygens (including phenoxy) is 2. The average molecular weight is 321 g/mol. The molecule has 5 heteroatoms. The Morgan fingerprint density at radius 3 is 3.12 bits per heavy atom. The molecule has 0 spiro atoms. The summed E-state index contributed by atoms with van der Waals surface area (Å²) in [7, 11) is 0. The van der Waals surface area contributed by atoms with Crippen molar-refractivity contribution >= 4 is 17.2 Å². The van der Waals surface area contributed by atoms with E-state index in [-0.39, 0.29) is 6.10 Å². The van der Waals surface area contributed by atoms with Gasteiger partial charge in [-0.3, -0.25) is 0 Å². The lowest BCUT2D eigenvalue weighted by Gasteiger charge is -2.09. The lowest BCUT2D eigenvalue weighted by Crippen LogP contribution is -2.06. The monoisotopic (exact) mass is 321 g/mol. The van der Waals surface area contributed by atoms with Gasteiger partial charge in [0.2, 0.25) is 0 Å². The van der Waals surface area contributed by atoms with E-state index in [4.69, 9.17) is 9.47 Å². The van der Waals surface area contributed by atoms with Gasteiger partial charge in [-0.05, 0) is 38.1 Å². The molecule has 2 aromatic carbocycles. The maximum Gasteiger partial charge on any atom is 0.132 e. The molecule has 0 fully saturated rings. The highest BCUT2D eigenvalue weighted by Gasteiger charge is 2.23. The number of hydrogen-bond donors (Lipinski definition) is 0. The van der Waals surface area contributed by atoms with Gasteiger partial charge in [0, 0.05) is 17.5 Å². The van der Waals surface area contributed by atoms with Crippen LogP contribution in [0.5, 0.6) is 11.5 Å². The lowest BCUT2D eigenvalue weighted by atomic mass is 10.1. The quantitative estimate of drug-likeness (QED) is 0.689. The molecule has 1 unspecified atom stereocenters. The van der Waals surface area contributed by atoms with Gasteiger partial charge in [-0.1, -0.05) is 12.1 Å². The second-order valence-electron chi connectivity index (χ2n) is 5.89. The Labute approximate surface area is 140 Å². The van der Waals surface area contributed by atoms with E-state index >= 15 is 0 Å². The Hall–Kier alpha value is -2.82. The van der Waals surface area contributed by atoms with Crippen LogP contribution >= 0.6 is 0 Å². The fraction of sp³-hybridized carbons (Fsp3) is 0.263. The Morgan fingerprint density at radius 2 is 2.25 bits per heavy atom. The molecule has 0 bridgehead atoms. The highest BCUT2D eigenvalue weighted by atomic mass is 16.5. The first kappa shape index (κ1) is 14.8. The zero-order chi connectivity index (χ0) is 16.5. The van der Waals surface area contributed by atoms with Crippen LogP contribution in [0, 0.1) is 0 Å². The predicted molar refractivity (Wildman–Crippen MR) is 94.1 cm³/mol. The number of imidazole rings is 1. The Kier molecular flexibility index (Phi) is 3.69. The van der Waals surface area contributed by atoms with Crippen molar-refractivity contribution in [3.63, 3.8) is 0 Å². The van der Waals surface area contributed by atoms with Crippen LogP contribution in [0.4, 0.5) is 0 Å². The second-order valence-corrected chi connectivity index (χ2v) is 5.89. The Bertz CT molecular complexity index is 914. The van der Waals surface area contributed by atoms with E-state index in [1.54, 1.807) is 11.0 Å². The number of aromatic nitrogens is 2. The van der Waals surface area contributed by atoms with Gasteiger partial charge in [-0.2, -0.15) is 5.10 Å². The van der Waals surface area contributed by atoms with Crippen molar-refractivity contribution in [1.82, 2.24) is 9.66 Å². The minimum absolute atomic E-state index is 0.179. The molecule has 0 radical (unpaired) electrons. The number of rotatable bonds is 4. The third-order valence-corrected chi connectivity index (χ3v) is 4.06. The molecule has 1 atom stereocenters. The summed E-state index contributed by atoms with van der Waals surface area (Å²) in [6.45, 7) is 4.69. The standard InChI is InChI=1S/C19H19N3O2/c1-3-23-16-9-14-8-13(2)24-19(14)15(10-16)11-21-22-12-20-17-6-4-5-7-18(17)22/h4-7,9-13H,3,8H2,1-2H3/b21-11+. The van der Waals surface area contributed by atoms with Gasteiger partial charge in [0.1, 0.15) is 23.9 Å². The topological polar surface area (TPSA) is 48.6 Å². The molecule has 24 heavy (non-hydrogen) atoms. The van der Waals surface area contributed by atoms with Gasteiger partial charge >= 0.3 is 0 Å². The molecule has 1 aromatic heterocycles. The number of fused-ring (bicyclic) bond motifs is 2. The van der Waals surface area contributed by atoms with E-state index < -0.39 is 0 Å². The van der Waals surface area contributed by atoms with Crippen molar-refractivity contribution in [2.75, 3.05) is 6.61 Å². The van der Waals surface area contributed by atoms with Crippen molar-refractivity contribution in [3.8, 4) is 11.5 Å². The van der Waals surface area contributed by atoms with Gasteiger partial charge < -0.3 is 9.47 Å². The molecular formula is C19H19N3O2. The summed E-state index contributed by atoms with van der Waals surface area (Å²) in [5.41, 5.74) is 4.00. The molecule has 0 N–H and O–H groups in total. The first-order chi connectivity index (χ1) is 11.7. The number of hydrogen-bond acceptors (Lipinski definition) is 4. The van der Waals surface area contributed by atoms with Crippen LogP contribution in [-0.2, 0) is 6.42 Å². The molecule has 0 saturated carbocycles. The van der Waals surface area contributed by atoms with Crippen molar-refractivity contribution < 1.29 is 9.47 Å². The molecule has 1 aliphatic rings. The van der Waals surface area contributed by atoms with E-state index in [9.17, 15) is 0 Å². The molecule has 5 nitrogen and oxygen atoms in total. The fourth-order valence-corrected chi connectivity index (χ4v) is 3.04. The Balaban J connectivity index is 1.73. The molecule has 122 valence electrons. The van der Waals surface area contributed by atoms with E-state index in [0.29, 0.717) is 6.61 Å². The van der Waals surface area contributed by atoms with Crippen molar-refractivity contribution in [3.05, 3.63) is 53.9 Å². The van der Waals surface area contributed by atoms with Crippen LogP contribution in [0.3, 0.4) is 0 Å². The molecule has 4 rings (SSSR count). The maximum absolute atomic E-state index is 5.96. The first-order valence-corrected chi connectivity index (χ1v) is 8.17. The van der Waals surface area contributed by atoms with Gasteiger partial charge in [-0.25, -0.2) is 9.66 Å². The van der Waals surface area contributed by atoms with Crippen molar-refractivity contribution in [1.29, 1.82) is 0 Å². The summed E-state index contributed by atoms with van der Waals surface area (Å²) in [6.07, 6.45) is 4.61. The SMILES string of the molecule is CCOc1cc(/C=N/n2cnc3ccccc32)c2c(c1)CC(C)O2. The summed E-state index contributed by atoms with van der Waals surface area (Å²) in [5.74, 6) is 1.75. The minimum atomic E-state index is 0.179. The fourth-order valence-electron chi connectivity index (χ4n) is 3.04. The maximum atomic E-state index is 5.96. The molecule has 3 aromatic rings. The minimum Gasteiger partial charge on any atom is -0.494 e. The summed E-state index contributed by atoms with van der Waals surface area (Å²) < 4.78 is 13.4. The third kappa shape index (κ3) is 2.62. The third-order valence-electron chi connectivity index (χ3n) is 4.06. The van der Waals surface area contributed by atoms with Crippen LogP contribution < -0.4 is 9.47 Å². The summed E-state index contributed by atoms with van der Waals surface area (Å²) in [5, 5.41) is 4.56. The van der Waals surface area contributed by atoms with Crippen LogP contribution in [0.1, 0.15) is 25.0 Å². The normalized spacial score (nSPS) is 16.5. The average Bonchev–Trinajstić information content (AvgIpc) is 3.15. The van der Waals surface area contributed by atoms with Gasteiger partial charge in [0.15, 0.2) is 0 Å². The van der Waals surface area contributed by atoms with Crippen LogP contribution in [-0.4, -0.2) is 28.6 Å². The van der Waals surface area contributed by atoms with Crippen LogP contribution in [0.25, 0.3) is 11.0 Å². The van der Waals surface area contributed by atoms with E-state index in [1.165, 1.54) is 5.56 Å². The van der Waals surface area contributed by atoms with E-state index in [0.717, 1.165) is 34.5 Å². The molecule has 1 aliphatic heterocycles. The molecule has 0 amide bonds. The number of para-hydroxylation sites is 2. The van der Waals surface area contributed by atoms with Crippen LogP contribution in [0.2, 0.25) is 0 Å². The van der Waals surface area contributed by atoms with Crippen molar-refractivity contribution in [2.45, 2.75) is 26.4 Å². The van der Waals surface area contributed by atoms with Crippen molar-refractivity contribution in [2.24, 2.45) is 5.10 Å². The molecule has 0 saturated heterocycles. The van der Waals surface area contributed by atoms with E-state index in [1.807, 2.05) is 43.5 Å². The van der Waals surface area contributed by atoms with E-state index in [2.05, 4.69) is 23.1 Å². The van der Waals surface area contributed by atoms with Gasteiger partial charge in [0.25, 0.3) is 0 Å². The smallest absolute Gasteiger partial charge is 0.132 e. The van der Waals surface area contributed by atoms with Gasteiger partial charge in [-0.15, -0.1) is 0 Å². The molecule has 2 heterocycles. The molecule has 0 aliphatic carbocycles. The largest absolute Gasteiger partial charge is 0.494 e. The van der Waals surface area contributed by atoms with Crippen LogP contribution in [0.15, 0.2) is 47.8 Å². The predicted octanol–water partition coefficient (Wildman–Crippen LogP) is 3.64. The summed E-state index contributed by atoms with van der Waals surface area (Å²) >= 11 is 0. The first-order valence-electron chi connectivity index (χ1n) is 8.17. The zero-order valence-corrected chi connectivity index (χ0v) is 13.8. The second kappa shape index (κ2) is 6.00. The summed E-state index contributed by atoms with van der Waals surface area (Å²) in [6, 6.07) is 12.0. The summed E-state index contributed by atoms with van der Waals surface area (Å²) in [4.78, 5) is 4.36. The number of benzene rings is 2. The Morgan fingerprint density at radius 1 is 1.38 bits per heavy atom. The van der Waals surface area contributed by atoms with Gasteiger partial charge in [0.05, 0.1) is 23.9 Å². The highest BCUT2D eigenvalue weighted by molar-refractivity contribution is 5.86. The highest BCUT2D eigenvalue weighted by Crippen LogP contribution is 2.35.